The number of amides is 1. The van der Waals surface area contributed by atoms with Crippen molar-refractivity contribution in [3.05, 3.63) is 32.7 Å². The second kappa shape index (κ2) is 4.92. The Bertz CT molecular complexity index is 765. The number of nitrogens with one attached hydrogen (secondary N) is 3. The van der Waals surface area contributed by atoms with Crippen LogP contribution in [0.1, 0.15) is 12.7 Å². The van der Waals surface area contributed by atoms with E-state index in [2.05, 4.69) is 20.3 Å². The van der Waals surface area contributed by atoms with Gasteiger partial charge in [-0.3, -0.25) is 19.1 Å². The summed E-state index contributed by atoms with van der Waals surface area (Å²) in [6.07, 6.45) is 3.31. The van der Waals surface area contributed by atoms with Crippen LogP contribution in [-0.2, 0) is 11.8 Å². The summed E-state index contributed by atoms with van der Waals surface area (Å²) in [7, 11) is 1.52. The van der Waals surface area contributed by atoms with E-state index in [1.807, 2.05) is 0 Å². The van der Waals surface area contributed by atoms with Gasteiger partial charge in [0.1, 0.15) is 11.3 Å². The highest BCUT2D eigenvalue weighted by Crippen LogP contribution is 2.04. The maximum Gasteiger partial charge on any atom is 0.329 e. The molecule has 0 saturated heterocycles. The Labute approximate surface area is 107 Å². The topological polar surface area (TPSA) is 113 Å². The molecule has 0 atom stereocenters. The second-order valence-corrected chi connectivity index (χ2v) is 3.98. The minimum Gasteiger partial charge on any atom is -0.353 e. The molecular weight excluding hydrogens is 250 g/mol. The van der Waals surface area contributed by atoms with Crippen LogP contribution in [0.2, 0.25) is 0 Å². The number of aromatic amines is 2. The van der Waals surface area contributed by atoms with E-state index in [4.69, 9.17) is 0 Å². The van der Waals surface area contributed by atoms with Gasteiger partial charge in [0, 0.05) is 20.5 Å². The minimum atomic E-state index is -0.516. The lowest BCUT2D eigenvalue weighted by molar-refractivity contribution is -0.118. The number of carbonyl (C=O) groups excluding carboxylic acids is 1. The van der Waals surface area contributed by atoms with Gasteiger partial charge in [0.2, 0.25) is 5.91 Å². The van der Waals surface area contributed by atoms with E-state index < -0.39 is 11.2 Å². The van der Waals surface area contributed by atoms with Crippen LogP contribution < -0.4 is 16.6 Å². The largest absolute Gasteiger partial charge is 0.353 e. The van der Waals surface area contributed by atoms with Crippen molar-refractivity contribution in [1.82, 2.24) is 24.8 Å². The Morgan fingerprint density at radius 2 is 2.16 bits per heavy atom. The maximum absolute atomic E-state index is 11.6. The molecule has 19 heavy (non-hydrogen) atoms. The van der Waals surface area contributed by atoms with E-state index >= 15 is 0 Å². The Balaban J connectivity index is 2.35. The van der Waals surface area contributed by atoms with Crippen LogP contribution in [0.5, 0.6) is 0 Å². The molecule has 0 bridgehead atoms. The number of fused-ring (bicyclic) bond motifs is 1. The van der Waals surface area contributed by atoms with E-state index in [1.54, 1.807) is 12.2 Å². The first-order valence-corrected chi connectivity index (χ1v) is 5.59. The molecule has 1 amide bonds. The van der Waals surface area contributed by atoms with Crippen LogP contribution in [0.3, 0.4) is 0 Å². The number of aryl methyl sites for hydroxylation is 1. The SMILES string of the molecule is CC(=O)NCC=Cc1nc2c([nH]1)c(=O)[nH]c(=O)n2C. The van der Waals surface area contributed by atoms with Gasteiger partial charge in [-0.05, 0) is 6.08 Å². The summed E-state index contributed by atoms with van der Waals surface area (Å²) in [5.41, 5.74) is -0.501. The highest BCUT2D eigenvalue weighted by Gasteiger charge is 2.08. The first-order valence-electron chi connectivity index (χ1n) is 5.59. The van der Waals surface area contributed by atoms with Crippen molar-refractivity contribution in [2.45, 2.75) is 6.92 Å². The van der Waals surface area contributed by atoms with Gasteiger partial charge >= 0.3 is 5.69 Å². The summed E-state index contributed by atoms with van der Waals surface area (Å²) in [5, 5.41) is 2.59. The second-order valence-electron chi connectivity index (χ2n) is 3.98. The standard InChI is InChI=1S/C11H13N5O3/c1-6(17)12-5-3-4-7-13-8-9(14-7)16(2)11(19)15-10(8)18/h3-4H,5H2,1-2H3,(H,12,17)(H,13,14)(H,15,18,19). The zero-order chi connectivity index (χ0) is 14.0. The monoisotopic (exact) mass is 263 g/mol. The molecule has 2 rings (SSSR count). The number of aromatic nitrogens is 4. The third-order valence-corrected chi connectivity index (χ3v) is 2.52. The first kappa shape index (κ1) is 12.8. The Morgan fingerprint density at radius 3 is 2.84 bits per heavy atom. The van der Waals surface area contributed by atoms with Crippen LogP contribution in [0.15, 0.2) is 15.7 Å². The van der Waals surface area contributed by atoms with Gasteiger partial charge in [-0.25, -0.2) is 9.78 Å². The van der Waals surface area contributed by atoms with Gasteiger partial charge in [-0.2, -0.15) is 0 Å². The summed E-state index contributed by atoms with van der Waals surface area (Å²) < 4.78 is 1.25. The average molecular weight is 263 g/mol. The van der Waals surface area contributed by atoms with E-state index in [0.29, 0.717) is 12.4 Å². The fraction of sp³-hybridized carbons (Fsp3) is 0.273. The molecule has 0 aliphatic rings. The van der Waals surface area contributed by atoms with Crippen LogP contribution in [-0.4, -0.2) is 32.0 Å². The molecule has 0 fully saturated rings. The lowest BCUT2D eigenvalue weighted by Crippen LogP contribution is -2.28. The number of hydrogen-bond acceptors (Lipinski definition) is 4. The van der Waals surface area contributed by atoms with E-state index in [1.165, 1.54) is 18.5 Å². The lowest BCUT2D eigenvalue weighted by atomic mass is 10.4. The first-order chi connectivity index (χ1) is 8.99. The Hall–Kier alpha value is -2.64. The van der Waals surface area contributed by atoms with Crippen LogP contribution >= 0.6 is 0 Å². The number of H-pyrrole nitrogens is 2. The smallest absolute Gasteiger partial charge is 0.329 e. The zero-order valence-electron chi connectivity index (χ0n) is 10.5. The molecule has 0 radical (unpaired) electrons. The molecule has 8 heteroatoms. The van der Waals surface area contributed by atoms with Gasteiger partial charge in [0.05, 0.1) is 0 Å². The third-order valence-electron chi connectivity index (χ3n) is 2.52. The highest BCUT2D eigenvalue weighted by atomic mass is 16.2. The molecule has 8 nitrogen and oxygen atoms in total. The molecule has 100 valence electrons. The van der Waals surface area contributed by atoms with Gasteiger partial charge < -0.3 is 10.3 Å². The predicted octanol–water partition coefficient (Wildman–Crippen LogP) is -0.901. The van der Waals surface area contributed by atoms with Gasteiger partial charge in [-0.15, -0.1) is 0 Å². The normalized spacial score (nSPS) is 11.3. The Morgan fingerprint density at radius 1 is 1.42 bits per heavy atom. The van der Waals surface area contributed by atoms with E-state index in [0.717, 1.165) is 0 Å². The van der Waals surface area contributed by atoms with Crippen molar-refractivity contribution >= 4 is 23.1 Å². The molecule has 0 saturated carbocycles. The molecule has 2 aromatic heterocycles. The van der Waals surface area contributed by atoms with E-state index in [-0.39, 0.29) is 17.1 Å². The van der Waals surface area contributed by atoms with Crippen molar-refractivity contribution in [3.8, 4) is 0 Å². The molecule has 0 aliphatic heterocycles. The molecule has 0 unspecified atom stereocenters. The molecule has 0 aliphatic carbocycles. The Kier molecular flexibility index (Phi) is 3.32. The molecule has 2 aromatic rings. The number of nitrogens with zero attached hydrogens (tertiary/aromatic N) is 2. The zero-order valence-corrected chi connectivity index (χ0v) is 10.5. The van der Waals surface area contributed by atoms with Crippen molar-refractivity contribution in [1.29, 1.82) is 0 Å². The molecule has 0 aromatic carbocycles. The summed E-state index contributed by atoms with van der Waals surface area (Å²) >= 11 is 0. The summed E-state index contributed by atoms with van der Waals surface area (Å²) in [6, 6.07) is 0. The number of rotatable bonds is 3. The number of hydrogen-bond donors (Lipinski definition) is 3. The third kappa shape index (κ3) is 2.62. The molecule has 3 N–H and O–H groups in total. The maximum atomic E-state index is 11.6. The van der Waals surface area contributed by atoms with E-state index in [9.17, 15) is 14.4 Å². The van der Waals surface area contributed by atoms with Crippen molar-refractivity contribution < 1.29 is 4.79 Å². The molecule has 2 heterocycles. The fourth-order valence-corrected chi connectivity index (χ4v) is 1.57. The quantitative estimate of drug-likeness (QED) is 0.666. The van der Waals surface area contributed by atoms with Gasteiger partial charge in [0.25, 0.3) is 5.56 Å². The van der Waals surface area contributed by atoms with Crippen LogP contribution in [0.4, 0.5) is 0 Å². The van der Waals surface area contributed by atoms with Crippen molar-refractivity contribution in [2.75, 3.05) is 6.54 Å². The van der Waals surface area contributed by atoms with Gasteiger partial charge in [0.15, 0.2) is 5.65 Å². The van der Waals surface area contributed by atoms with Crippen molar-refractivity contribution in [3.63, 3.8) is 0 Å². The number of imidazole rings is 1. The average Bonchev–Trinajstić information content (AvgIpc) is 2.76. The number of carbonyl (C=O) groups is 1. The predicted molar refractivity (Wildman–Crippen MR) is 69.7 cm³/mol. The van der Waals surface area contributed by atoms with Crippen LogP contribution in [0, 0.1) is 0 Å². The minimum absolute atomic E-state index is 0.131. The van der Waals surface area contributed by atoms with Crippen LogP contribution in [0.25, 0.3) is 17.2 Å². The molecule has 0 spiro atoms. The summed E-state index contributed by atoms with van der Waals surface area (Å²) in [6.45, 7) is 1.78. The molecular formula is C11H13N5O3. The highest BCUT2D eigenvalue weighted by molar-refractivity contribution is 5.73. The lowest BCUT2D eigenvalue weighted by Gasteiger charge is -1.94. The van der Waals surface area contributed by atoms with Gasteiger partial charge in [-0.1, -0.05) is 6.08 Å². The summed E-state index contributed by atoms with van der Waals surface area (Å²) in [5.74, 6) is 0.306. The van der Waals surface area contributed by atoms with Crippen molar-refractivity contribution in [2.24, 2.45) is 7.05 Å². The summed E-state index contributed by atoms with van der Waals surface area (Å²) in [4.78, 5) is 42.7. The fourth-order valence-electron chi connectivity index (χ4n) is 1.57.